The molecule has 8 nitrogen and oxygen atoms in total. The first-order valence-corrected chi connectivity index (χ1v) is 9.59. The zero-order valence-corrected chi connectivity index (χ0v) is 16.5. The van der Waals surface area contributed by atoms with Gasteiger partial charge in [-0.2, -0.15) is 5.10 Å². The van der Waals surface area contributed by atoms with Gasteiger partial charge in [0.25, 0.3) is 5.91 Å². The molecule has 1 unspecified atom stereocenters. The third-order valence-electron chi connectivity index (χ3n) is 4.32. The molecule has 1 aliphatic heterocycles. The Morgan fingerprint density at radius 2 is 2.11 bits per heavy atom. The van der Waals surface area contributed by atoms with Crippen LogP contribution in [-0.4, -0.2) is 63.0 Å². The van der Waals surface area contributed by atoms with E-state index >= 15 is 0 Å². The molecule has 1 saturated heterocycles. The largest absolute Gasteiger partial charge is 0.491 e. The molecule has 3 heterocycles. The molecule has 0 spiro atoms. The number of benzene rings is 1. The molecule has 0 aliphatic carbocycles. The number of nitrogens with zero attached hydrogens (tertiary/aromatic N) is 5. The van der Waals surface area contributed by atoms with Gasteiger partial charge in [0.1, 0.15) is 41.4 Å². The number of rotatable bonds is 5. The molecule has 1 amide bonds. The second kappa shape index (κ2) is 8.49. The molecule has 0 saturated carbocycles. The molecule has 4 rings (SSSR count). The number of amides is 1. The molecule has 0 N–H and O–H groups in total. The maximum absolute atomic E-state index is 12.7. The fourth-order valence-corrected chi connectivity index (χ4v) is 3.26. The topological polar surface area (TPSA) is 82.4 Å². The van der Waals surface area contributed by atoms with Gasteiger partial charge in [0.2, 0.25) is 0 Å². The van der Waals surface area contributed by atoms with Gasteiger partial charge in [-0.25, -0.2) is 14.6 Å². The Hall–Kier alpha value is -2.78. The quantitative estimate of drug-likeness (QED) is 0.562. The smallest absolute Gasteiger partial charge is 0.272 e. The number of aromatic nitrogens is 4. The normalized spacial score (nSPS) is 16.8. The molecule has 1 atom stereocenters. The lowest BCUT2D eigenvalue weighted by molar-refractivity contribution is -0.0402. The summed E-state index contributed by atoms with van der Waals surface area (Å²) in [7, 11) is 0. The molecule has 9 heteroatoms. The minimum absolute atomic E-state index is 0.105. The van der Waals surface area contributed by atoms with E-state index in [1.54, 1.807) is 34.1 Å². The van der Waals surface area contributed by atoms with Gasteiger partial charge in [0, 0.05) is 6.54 Å². The van der Waals surface area contributed by atoms with E-state index in [2.05, 4.69) is 31.0 Å². The molecule has 1 fully saturated rings. The summed E-state index contributed by atoms with van der Waals surface area (Å²) in [5.74, 6) is 0.622. The van der Waals surface area contributed by atoms with Crippen molar-refractivity contribution in [2.75, 3.05) is 26.3 Å². The second-order valence-electron chi connectivity index (χ2n) is 6.23. The third kappa shape index (κ3) is 4.37. The Kier molecular flexibility index (Phi) is 5.63. The van der Waals surface area contributed by atoms with Gasteiger partial charge in [0.05, 0.1) is 18.8 Å². The summed E-state index contributed by atoms with van der Waals surface area (Å²) in [6.07, 6.45) is 2.93. The van der Waals surface area contributed by atoms with Crippen LogP contribution >= 0.6 is 15.9 Å². The number of ether oxygens (including phenoxy) is 2. The Morgan fingerprint density at radius 3 is 2.86 bits per heavy atom. The van der Waals surface area contributed by atoms with Crippen molar-refractivity contribution in [1.29, 1.82) is 0 Å². The summed E-state index contributed by atoms with van der Waals surface area (Å²) in [4.78, 5) is 22.6. The van der Waals surface area contributed by atoms with E-state index < -0.39 is 0 Å². The van der Waals surface area contributed by atoms with Crippen LogP contribution < -0.4 is 4.74 Å². The predicted octanol–water partition coefficient (Wildman–Crippen LogP) is 2.34. The first-order valence-electron chi connectivity index (χ1n) is 8.80. The monoisotopic (exact) mass is 443 g/mol. The van der Waals surface area contributed by atoms with Crippen molar-refractivity contribution in [3.63, 3.8) is 0 Å². The average molecular weight is 444 g/mol. The lowest BCUT2D eigenvalue weighted by atomic mass is 10.2. The number of pyridine rings is 1. The van der Waals surface area contributed by atoms with Crippen LogP contribution in [0.3, 0.4) is 0 Å². The van der Waals surface area contributed by atoms with Crippen molar-refractivity contribution in [3.8, 4) is 11.4 Å². The fraction of sp³-hybridized carbons (Fsp3) is 0.263. The minimum Gasteiger partial charge on any atom is -0.491 e. The molecule has 1 aromatic carbocycles. The van der Waals surface area contributed by atoms with Gasteiger partial charge in [-0.1, -0.05) is 6.07 Å². The van der Waals surface area contributed by atoms with Crippen molar-refractivity contribution in [2.45, 2.75) is 6.10 Å². The van der Waals surface area contributed by atoms with Gasteiger partial charge >= 0.3 is 0 Å². The van der Waals surface area contributed by atoms with Crippen molar-refractivity contribution in [2.24, 2.45) is 0 Å². The standard InChI is InChI=1S/C19H18BrN5O3/c20-18-3-1-2-17(23-18)19(26)24-8-9-27-16(10-24)11-28-15-6-4-14(5-7-15)25-13-21-12-22-25/h1-7,12-13,16H,8-11H2. The van der Waals surface area contributed by atoms with Crippen LogP contribution in [0.25, 0.3) is 5.69 Å². The first-order chi connectivity index (χ1) is 13.7. The zero-order valence-electron chi connectivity index (χ0n) is 14.9. The lowest BCUT2D eigenvalue weighted by Crippen LogP contribution is -2.47. The van der Waals surface area contributed by atoms with Crippen LogP contribution in [0.2, 0.25) is 0 Å². The van der Waals surface area contributed by atoms with Crippen molar-refractivity contribution in [1.82, 2.24) is 24.6 Å². The van der Waals surface area contributed by atoms with Crippen molar-refractivity contribution >= 4 is 21.8 Å². The predicted molar refractivity (Wildman–Crippen MR) is 104 cm³/mol. The summed E-state index contributed by atoms with van der Waals surface area (Å²) in [5.41, 5.74) is 1.32. The summed E-state index contributed by atoms with van der Waals surface area (Å²) in [6.45, 7) is 1.83. The van der Waals surface area contributed by atoms with Gasteiger partial charge in [-0.3, -0.25) is 4.79 Å². The first kappa shape index (κ1) is 18.6. The number of hydrogen-bond acceptors (Lipinski definition) is 6. The maximum atomic E-state index is 12.7. The highest BCUT2D eigenvalue weighted by molar-refractivity contribution is 9.10. The lowest BCUT2D eigenvalue weighted by Gasteiger charge is -2.32. The van der Waals surface area contributed by atoms with Crippen LogP contribution in [0, 0.1) is 0 Å². The average Bonchev–Trinajstić information content (AvgIpc) is 3.27. The van der Waals surface area contributed by atoms with E-state index in [0.717, 1.165) is 11.4 Å². The second-order valence-corrected chi connectivity index (χ2v) is 7.05. The van der Waals surface area contributed by atoms with Gasteiger partial charge < -0.3 is 14.4 Å². The molecule has 0 bridgehead atoms. The van der Waals surface area contributed by atoms with Crippen molar-refractivity contribution < 1.29 is 14.3 Å². The summed E-state index contributed by atoms with van der Waals surface area (Å²) < 4.78 is 13.9. The molecule has 2 aromatic heterocycles. The molecule has 28 heavy (non-hydrogen) atoms. The van der Waals surface area contributed by atoms with E-state index in [-0.39, 0.29) is 12.0 Å². The highest BCUT2D eigenvalue weighted by Crippen LogP contribution is 2.17. The van der Waals surface area contributed by atoms with Crippen LogP contribution in [0.4, 0.5) is 0 Å². The molecule has 1 aliphatic rings. The Labute approximate surface area is 170 Å². The fourth-order valence-electron chi connectivity index (χ4n) is 2.92. The highest BCUT2D eigenvalue weighted by atomic mass is 79.9. The Morgan fingerprint density at radius 1 is 1.25 bits per heavy atom. The van der Waals surface area contributed by atoms with Gasteiger partial charge in [0.15, 0.2) is 0 Å². The van der Waals surface area contributed by atoms with E-state index in [1.165, 1.54) is 6.33 Å². The number of morpholine rings is 1. The third-order valence-corrected chi connectivity index (χ3v) is 4.76. The molecular formula is C19H18BrN5O3. The Balaban J connectivity index is 1.33. The van der Waals surface area contributed by atoms with E-state index in [9.17, 15) is 4.79 Å². The van der Waals surface area contributed by atoms with Crippen LogP contribution in [0.15, 0.2) is 59.7 Å². The van der Waals surface area contributed by atoms with E-state index in [4.69, 9.17) is 9.47 Å². The van der Waals surface area contributed by atoms with Crippen LogP contribution in [0.1, 0.15) is 10.5 Å². The summed E-state index contributed by atoms with van der Waals surface area (Å²) in [5, 5.41) is 4.09. The van der Waals surface area contributed by atoms with Crippen LogP contribution in [0.5, 0.6) is 5.75 Å². The zero-order chi connectivity index (χ0) is 19.3. The number of halogens is 1. The molecule has 0 radical (unpaired) electrons. The van der Waals surface area contributed by atoms with E-state index in [1.807, 2.05) is 24.3 Å². The SMILES string of the molecule is O=C(c1cccc(Br)n1)N1CCOC(COc2ccc(-n3cncn3)cc2)C1. The number of hydrogen-bond donors (Lipinski definition) is 0. The number of carbonyl (C=O) groups is 1. The maximum Gasteiger partial charge on any atom is 0.272 e. The molecular weight excluding hydrogens is 426 g/mol. The Bertz CT molecular complexity index is 933. The van der Waals surface area contributed by atoms with Crippen LogP contribution in [-0.2, 0) is 4.74 Å². The summed E-state index contributed by atoms with van der Waals surface area (Å²) >= 11 is 3.30. The minimum atomic E-state index is -0.195. The van der Waals surface area contributed by atoms with E-state index in [0.29, 0.717) is 36.6 Å². The molecule has 3 aromatic rings. The number of carbonyl (C=O) groups excluding carboxylic acids is 1. The van der Waals surface area contributed by atoms with Crippen molar-refractivity contribution in [3.05, 3.63) is 65.4 Å². The van der Waals surface area contributed by atoms with Gasteiger partial charge in [-0.05, 0) is 52.3 Å². The molecule has 144 valence electrons. The highest BCUT2D eigenvalue weighted by Gasteiger charge is 2.26. The summed E-state index contributed by atoms with van der Waals surface area (Å²) in [6, 6.07) is 12.9. The van der Waals surface area contributed by atoms with Gasteiger partial charge in [-0.15, -0.1) is 0 Å².